The lowest BCUT2D eigenvalue weighted by atomic mass is 9.96. The Kier molecular flexibility index (Phi) is 6.68. The highest BCUT2D eigenvalue weighted by molar-refractivity contribution is 6.37. The maximum atomic E-state index is 11.1. The number of allylic oxidation sites excluding steroid dienone is 1. The lowest BCUT2D eigenvalue weighted by Crippen LogP contribution is -2.34. The second-order valence-corrected chi connectivity index (χ2v) is 5.30. The molecule has 0 fully saturated rings. The molecule has 0 spiro atoms. The Morgan fingerprint density at radius 3 is 2.24 bits per heavy atom. The summed E-state index contributed by atoms with van der Waals surface area (Å²) in [5, 5.41) is 18.7. The lowest BCUT2D eigenvalue weighted by Gasteiger charge is -2.12. The average Bonchev–Trinajstić information content (AvgIpc) is 2.40. The zero-order chi connectivity index (χ0) is 16.0. The minimum Gasteiger partial charge on any atom is -0.481 e. The Hall–Kier alpha value is -1.56. The highest BCUT2D eigenvalue weighted by atomic mass is 35.5. The first-order valence-corrected chi connectivity index (χ1v) is 6.90. The van der Waals surface area contributed by atoms with E-state index in [4.69, 9.17) is 39.1 Å². The summed E-state index contributed by atoms with van der Waals surface area (Å²) < 4.78 is 0. The van der Waals surface area contributed by atoms with Crippen molar-refractivity contribution in [2.45, 2.75) is 18.9 Å². The van der Waals surface area contributed by atoms with Crippen LogP contribution in [0.3, 0.4) is 0 Å². The summed E-state index contributed by atoms with van der Waals surface area (Å²) in [4.78, 5) is 21.8. The topological polar surface area (TPSA) is 101 Å². The molecule has 1 aromatic carbocycles. The summed E-state index contributed by atoms with van der Waals surface area (Å²) >= 11 is 12.0. The van der Waals surface area contributed by atoms with Crippen LogP contribution in [0.15, 0.2) is 24.3 Å². The molecule has 5 nitrogen and oxygen atoms in total. The summed E-state index contributed by atoms with van der Waals surface area (Å²) in [5.41, 5.74) is 5.95. The van der Waals surface area contributed by atoms with E-state index in [-0.39, 0.29) is 12.8 Å². The molecule has 4 N–H and O–H groups in total. The molecular weight excluding hydrogens is 317 g/mol. The first-order chi connectivity index (χ1) is 9.82. The first kappa shape index (κ1) is 17.5. The Bertz CT molecular complexity index is 540. The third kappa shape index (κ3) is 5.38. The van der Waals surface area contributed by atoms with Gasteiger partial charge in [-0.3, -0.25) is 9.59 Å². The van der Waals surface area contributed by atoms with Gasteiger partial charge in [-0.05, 0) is 25.0 Å². The fourth-order valence-corrected chi connectivity index (χ4v) is 2.25. The quantitative estimate of drug-likeness (QED) is 0.713. The summed E-state index contributed by atoms with van der Waals surface area (Å²) in [6.45, 7) is 0. The average molecular weight is 332 g/mol. The van der Waals surface area contributed by atoms with Gasteiger partial charge in [0.2, 0.25) is 0 Å². The lowest BCUT2D eigenvalue weighted by molar-refractivity contribution is -0.143. The van der Waals surface area contributed by atoms with Crippen LogP contribution in [0.25, 0.3) is 6.08 Å². The molecule has 0 aliphatic rings. The fraction of sp³-hybridized carbons (Fsp3) is 0.286. The van der Waals surface area contributed by atoms with E-state index in [2.05, 4.69) is 0 Å². The third-order valence-corrected chi connectivity index (χ3v) is 3.57. The number of aliphatic carboxylic acids is 2. The van der Waals surface area contributed by atoms with Crippen molar-refractivity contribution in [2.24, 2.45) is 11.7 Å². The van der Waals surface area contributed by atoms with E-state index >= 15 is 0 Å². The maximum absolute atomic E-state index is 11.1. The standard InChI is InChI=1S/C14H15Cl2NO4/c15-10-5-2-6-11(16)9(10)4-1-3-8(13(18)19)7-12(17)14(20)21/h1-2,4-6,8,12H,3,7,17H2,(H,18,19)(H,20,21)/b4-1+/t8-,12+/m1/s1. The molecule has 1 rings (SSSR count). The molecule has 0 saturated heterocycles. The van der Waals surface area contributed by atoms with Gasteiger partial charge in [0.15, 0.2) is 0 Å². The molecule has 0 heterocycles. The number of hydrogen-bond acceptors (Lipinski definition) is 3. The minimum absolute atomic E-state index is 0.137. The Labute approximate surface area is 132 Å². The molecule has 1 aromatic rings. The normalized spacial score (nSPS) is 14.0. The van der Waals surface area contributed by atoms with E-state index in [9.17, 15) is 9.59 Å². The van der Waals surface area contributed by atoms with Gasteiger partial charge in [0.25, 0.3) is 0 Å². The molecule has 21 heavy (non-hydrogen) atoms. The predicted octanol–water partition coefficient (Wildman–Crippen LogP) is 2.90. The van der Waals surface area contributed by atoms with Crippen LogP contribution in [0.4, 0.5) is 0 Å². The minimum atomic E-state index is -1.22. The van der Waals surface area contributed by atoms with Crippen molar-refractivity contribution in [1.82, 2.24) is 0 Å². The smallest absolute Gasteiger partial charge is 0.320 e. The van der Waals surface area contributed by atoms with E-state index in [1.54, 1.807) is 30.4 Å². The van der Waals surface area contributed by atoms with E-state index in [1.807, 2.05) is 0 Å². The summed E-state index contributed by atoms with van der Waals surface area (Å²) in [7, 11) is 0. The van der Waals surface area contributed by atoms with Crippen molar-refractivity contribution < 1.29 is 19.8 Å². The van der Waals surface area contributed by atoms with E-state index in [1.165, 1.54) is 0 Å². The predicted molar refractivity (Wildman–Crippen MR) is 81.5 cm³/mol. The molecule has 0 aliphatic carbocycles. The van der Waals surface area contributed by atoms with Crippen LogP contribution in [0.2, 0.25) is 10.0 Å². The number of rotatable bonds is 7. The van der Waals surface area contributed by atoms with Crippen molar-refractivity contribution in [3.05, 3.63) is 39.9 Å². The second-order valence-electron chi connectivity index (χ2n) is 4.49. The van der Waals surface area contributed by atoms with Gasteiger partial charge in [0.05, 0.1) is 5.92 Å². The number of carbonyl (C=O) groups is 2. The van der Waals surface area contributed by atoms with Crippen LogP contribution < -0.4 is 5.73 Å². The molecule has 0 amide bonds. The molecular formula is C14H15Cl2NO4. The van der Waals surface area contributed by atoms with Crippen LogP contribution in [0, 0.1) is 5.92 Å². The van der Waals surface area contributed by atoms with Gasteiger partial charge >= 0.3 is 11.9 Å². The SMILES string of the molecule is N[C@@H](C[C@@H](C/C=C/c1c(Cl)cccc1Cl)C(=O)O)C(=O)O. The molecule has 0 aromatic heterocycles. The van der Waals surface area contributed by atoms with Crippen LogP contribution >= 0.6 is 23.2 Å². The van der Waals surface area contributed by atoms with E-state index < -0.39 is 23.9 Å². The van der Waals surface area contributed by atoms with Gasteiger partial charge in [0, 0.05) is 15.6 Å². The zero-order valence-electron chi connectivity index (χ0n) is 11.0. The van der Waals surface area contributed by atoms with E-state index in [0.717, 1.165) is 0 Å². The summed E-state index contributed by atoms with van der Waals surface area (Å²) in [6, 6.07) is 3.83. The largest absolute Gasteiger partial charge is 0.481 e. The van der Waals surface area contributed by atoms with Crippen LogP contribution in [0.5, 0.6) is 0 Å². The molecule has 0 radical (unpaired) electrons. The zero-order valence-corrected chi connectivity index (χ0v) is 12.5. The van der Waals surface area contributed by atoms with Crippen molar-refractivity contribution >= 4 is 41.2 Å². The monoisotopic (exact) mass is 331 g/mol. The summed E-state index contributed by atoms with van der Waals surface area (Å²) in [5.74, 6) is -3.20. The number of carboxylic acids is 2. The van der Waals surface area contributed by atoms with Crippen molar-refractivity contribution in [1.29, 1.82) is 0 Å². The third-order valence-electron chi connectivity index (χ3n) is 2.91. The highest BCUT2D eigenvalue weighted by Crippen LogP contribution is 2.26. The van der Waals surface area contributed by atoms with Crippen molar-refractivity contribution in [3.8, 4) is 0 Å². The van der Waals surface area contributed by atoms with Gasteiger partial charge in [-0.1, -0.05) is 41.4 Å². The van der Waals surface area contributed by atoms with Gasteiger partial charge in [-0.15, -0.1) is 0 Å². The Balaban J connectivity index is 2.75. The Morgan fingerprint density at radius 2 is 1.76 bits per heavy atom. The summed E-state index contributed by atoms with van der Waals surface area (Å²) in [6.07, 6.45) is 3.20. The van der Waals surface area contributed by atoms with Gasteiger partial charge < -0.3 is 15.9 Å². The highest BCUT2D eigenvalue weighted by Gasteiger charge is 2.23. The van der Waals surface area contributed by atoms with E-state index in [0.29, 0.717) is 15.6 Å². The van der Waals surface area contributed by atoms with Gasteiger partial charge in [-0.2, -0.15) is 0 Å². The molecule has 0 unspecified atom stereocenters. The number of carboxylic acid groups (broad SMARTS) is 2. The fourth-order valence-electron chi connectivity index (χ4n) is 1.73. The van der Waals surface area contributed by atoms with Crippen LogP contribution in [0.1, 0.15) is 18.4 Å². The van der Waals surface area contributed by atoms with Crippen LogP contribution in [-0.4, -0.2) is 28.2 Å². The molecule has 0 bridgehead atoms. The van der Waals surface area contributed by atoms with Crippen molar-refractivity contribution in [2.75, 3.05) is 0 Å². The first-order valence-electron chi connectivity index (χ1n) is 6.14. The second kappa shape index (κ2) is 8.02. The Morgan fingerprint density at radius 1 is 1.19 bits per heavy atom. The molecule has 0 saturated carbocycles. The molecule has 114 valence electrons. The molecule has 2 atom stereocenters. The van der Waals surface area contributed by atoms with Crippen molar-refractivity contribution in [3.63, 3.8) is 0 Å². The van der Waals surface area contributed by atoms with Gasteiger partial charge in [0.1, 0.15) is 6.04 Å². The number of hydrogen-bond donors (Lipinski definition) is 3. The number of halogens is 2. The maximum Gasteiger partial charge on any atom is 0.320 e. The van der Waals surface area contributed by atoms with Gasteiger partial charge in [-0.25, -0.2) is 0 Å². The molecule has 0 aliphatic heterocycles. The number of benzene rings is 1. The number of nitrogens with two attached hydrogens (primary N) is 1. The molecule has 7 heteroatoms. The van der Waals surface area contributed by atoms with Crippen LogP contribution in [-0.2, 0) is 9.59 Å².